The van der Waals surface area contributed by atoms with Gasteiger partial charge < -0.3 is 4.42 Å². The van der Waals surface area contributed by atoms with Crippen LogP contribution in [-0.2, 0) is 0 Å². The van der Waals surface area contributed by atoms with Gasteiger partial charge in [0.05, 0.1) is 10.3 Å². The number of non-ortho nitro benzene ring substituents is 1. The predicted molar refractivity (Wildman–Crippen MR) is 87.0 cm³/mol. The number of halogens is 1. The summed E-state index contributed by atoms with van der Waals surface area (Å²) >= 11 is 3.33. The van der Waals surface area contributed by atoms with Crippen LogP contribution >= 0.6 is 15.9 Å². The zero-order valence-corrected chi connectivity index (χ0v) is 13.1. The summed E-state index contributed by atoms with van der Waals surface area (Å²) in [4.78, 5) is 22.7. The first kappa shape index (κ1) is 14.5. The molecule has 3 aromatic rings. The number of nitro benzene ring substituents is 1. The highest BCUT2D eigenvalue weighted by Gasteiger charge is 2.14. The number of fused-ring (bicyclic) bond motifs is 1. The highest BCUT2D eigenvalue weighted by Crippen LogP contribution is 2.28. The molecule has 0 fully saturated rings. The van der Waals surface area contributed by atoms with Crippen LogP contribution in [0, 0.1) is 17.0 Å². The van der Waals surface area contributed by atoms with Crippen LogP contribution in [0.1, 0.15) is 5.56 Å². The summed E-state index contributed by atoms with van der Waals surface area (Å²) in [5.74, 6) is 0.426. The van der Waals surface area contributed by atoms with E-state index in [0.717, 1.165) is 4.47 Å². The van der Waals surface area contributed by atoms with Gasteiger partial charge in [-0.3, -0.25) is 14.9 Å². The lowest BCUT2D eigenvalue weighted by molar-refractivity contribution is -0.384. The Morgan fingerprint density at radius 3 is 2.45 bits per heavy atom. The molecular formula is C16H10BrNO4. The van der Waals surface area contributed by atoms with Crippen molar-refractivity contribution in [2.75, 3.05) is 0 Å². The van der Waals surface area contributed by atoms with Gasteiger partial charge in [0.25, 0.3) is 5.69 Å². The van der Waals surface area contributed by atoms with Crippen LogP contribution in [0.4, 0.5) is 5.69 Å². The molecule has 0 N–H and O–H groups in total. The van der Waals surface area contributed by atoms with Gasteiger partial charge in [0.15, 0.2) is 5.43 Å². The van der Waals surface area contributed by atoms with Crippen molar-refractivity contribution in [1.82, 2.24) is 0 Å². The molecular weight excluding hydrogens is 350 g/mol. The maximum Gasteiger partial charge on any atom is 0.269 e. The molecule has 6 heteroatoms. The zero-order chi connectivity index (χ0) is 15.9. The lowest BCUT2D eigenvalue weighted by Crippen LogP contribution is -2.07. The Bertz CT molecular complexity index is 945. The molecule has 0 bridgehead atoms. The Kier molecular flexibility index (Phi) is 3.54. The second-order valence-electron chi connectivity index (χ2n) is 4.83. The standard InChI is InChI=1S/C16H10BrNO4/c1-9-15(19)13-8-11(17)4-7-14(13)22-16(9)10-2-5-12(6-3-10)18(20)21/h2-8H,1H3. The average Bonchev–Trinajstić information content (AvgIpc) is 2.51. The Hall–Kier alpha value is -2.47. The van der Waals surface area contributed by atoms with Crippen LogP contribution in [0.5, 0.6) is 0 Å². The SMILES string of the molecule is Cc1c(-c2ccc([N+](=O)[O-])cc2)oc2ccc(Br)cc2c1=O. The second kappa shape index (κ2) is 5.38. The molecule has 110 valence electrons. The van der Waals surface area contributed by atoms with E-state index in [0.29, 0.717) is 27.9 Å². The minimum absolute atomic E-state index is 0.00605. The van der Waals surface area contributed by atoms with E-state index in [2.05, 4.69) is 15.9 Å². The average molecular weight is 360 g/mol. The molecule has 0 aliphatic heterocycles. The van der Waals surface area contributed by atoms with Crippen molar-refractivity contribution < 1.29 is 9.34 Å². The number of nitro groups is 1. The van der Waals surface area contributed by atoms with Gasteiger partial charge in [-0.1, -0.05) is 15.9 Å². The van der Waals surface area contributed by atoms with Crippen LogP contribution < -0.4 is 5.43 Å². The molecule has 0 amide bonds. The van der Waals surface area contributed by atoms with Gasteiger partial charge >= 0.3 is 0 Å². The first-order chi connectivity index (χ1) is 10.5. The molecule has 1 heterocycles. The van der Waals surface area contributed by atoms with E-state index in [-0.39, 0.29) is 11.1 Å². The van der Waals surface area contributed by atoms with Gasteiger partial charge in [0.2, 0.25) is 0 Å². The molecule has 1 aromatic heterocycles. The summed E-state index contributed by atoms with van der Waals surface area (Å²) in [5, 5.41) is 11.2. The van der Waals surface area contributed by atoms with E-state index in [1.807, 2.05) is 0 Å². The fraction of sp³-hybridized carbons (Fsp3) is 0.0625. The van der Waals surface area contributed by atoms with Crippen molar-refractivity contribution in [3.63, 3.8) is 0 Å². The van der Waals surface area contributed by atoms with Crippen molar-refractivity contribution in [2.24, 2.45) is 0 Å². The van der Waals surface area contributed by atoms with Gasteiger partial charge in [0.1, 0.15) is 11.3 Å². The number of hydrogen-bond donors (Lipinski definition) is 0. The number of nitrogens with zero attached hydrogens (tertiary/aromatic N) is 1. The Morgan fingerprint density at radius 2 is 1.82 bits per heavy atom. The minimum atomic E-state index is -0.468. The van der Waals surface area contributed by atoms with E-state index < -0.39 is 4.92 Å². The summed E-state index contributed by atoms with van der Waals surface area (Å²) in [6.07, 6.45) is 0. The fourth-order valence-corrected chi connectivity index (χ4v) is 2.63. The van der Waals surface area contributed by atoms with Crippen molar-refractivity contribution in [3.05, 3.63) is 72.8 Å². The smallest absolute Gasteiger partial charge is 0.269 e. The summed E-state index contributed by atoms with van der Waals surface area (Å²) in [7, 11) is 0. The molecule has 0 spiro atoms. The lowest BCUT2D eigenvalue weighted by atomic mass is 10.1. The normalized spacial score (nSPS) is 10.8. The van der Waals surface area contributed by atoms with Gasteiger partial charge in [0, 0.05) is 27.7 Å². The van der Waals surface area contributed by atoms with Gasteiger partial charge in [-0.2, -0.15) is 0 Å². The van der Waals surface area contributed by atoms with Crippen molar-refractivity contribution in [1.29, 1.82) is 0 Å². The molecule has 3 rings (SSSR count). The topological polar surface area (TPSA) is 73.3 Å². The molecule has 0 unspecified atom stereocenters. The van der Waals surface area contributed by atoms with Gasteiger partial charge in [-0.05, 0) is 37.3 Å². The van der Waals surface area contributed by atoms with E-state index >= 15 is 0 Å². The molecule has 2 aromatic carbocycles. The van der Waals surface area contributed by atoms with Crippen LogP contribution in [-0.4, -0.2) is 4.92 Å². The third-order valence-corrected chi connectivity index (χ3v) is 3.91. The van der Waals surface area contributed by atoms with Crippen LogP contribution in [0.15, 0.2) is 56.1 Å². The number of hydrogen-bond acceptors (Lipinski definition) is 4. The molecule has 22 heavy (non-hydrogen) atoms. The largest absolute Gasteiger partial charge is 0.456 e. The second-order valence-corrected chi connectivity index (χ2v) is 5.75. The summed E-state index contributed by atoms with van der Waals surface area (Å²) in [6.45, 7) is 1.68. The Labute approximate surface area is 133 Å². The van der Waals surface area contributed by atoms with E-state index in [4.69, 9.17) is 4.42 Å². The summed E-state index contributed by atoms with van der Waals surface area (Å²) in [6, 6.07) is 11.2. The Balaban J connectivity index is 2.23. The maximum atomic E-state index is 12.5. The van der Waals surface area contributed by atoms with Gasteiger partial charge in [-0.15, -0.1) is 0 Å². The highest BCUT2D eigenvalue weighted by atomic mass is 79.9. The molecule has 0 saturated carbocycles. The van der Waals surface area contributed by atoms with Crippen molar-refractivity contribution in [2.45, 2.75) is 6.92 Å². The summed E-state index contributed by atoms with van der Waals surface area (Å²) < 4.78 is 6.62. The first-order valence-electron chi connectivity index (χ1n) is 6.45. The minimum Gasteiger partial charge on any atom is -0.456 e. The van der Waals surface area contributed by atoms with Crippen LogP contribution in [0.3, 0.4) is 0 Å². The highest BCUT2D eigenvalue weighted by molar-refractivity contribution is 9.10. The Morgan fingerprint density at radius 1 is 1.14 bits per heavy atom. The molecule has 0 radical (unpaired) electrons. The number of benzene rings is 2. The van der Waals surface area contributed by atoms with Crippen molar-refractivity contribution >= 4 is 32.6 Å². The molecule has 0 aliphatic rings. The zero-order valence-electron chi connectivity index (χ0n) is 11.5. The molecule has 5 nitrogen and oxygen atoms in total. The third-order valence-electron chi connectivity index (χ3n) is 3.42. The van der Waals surface area contributed by atoms with Gasteiger partial charge in [-0.25, -0.2) is 0 Å². The predicted octanol–water partition coefficient (Wildman–Crippen LogP) is 4.44. The number of rotatable bonds is 2. The van der Waals surface area contributed by atoms with Crippen LogP contribution in [0.2, 0.25) is 0 Å². The third kappa shape index (κ3) is 2.42. The first-order valence-corrected chi connectivity index (χ1v) is 7.24. The molecule has 0 aliphatic carbocycles. The van der Waals surface area contributed by atoms with E-state index in [1.54, 1.807) is 37.3 Å². The van der Waals surface area contributed by atoms with E-state index in [1.165, 1.54) is 12.1 Å². The fourth-order valence-electron chi connectivity index (χ4n) is 2.27. The van der Waals surface area contributed by atoms with Crippen molar-refractivity contribution in [3.8, 4) is 11.3 Å². The summed E-state index contributed by atoms with van der Waals surface area (Å²) in [5.41, 5.74) is 1.46. The van der Waals surface area contributed by atoms with E-state index in [9.17, 15) is 14.9 Å². The maximum absolute atomic E-state index is 12.5. The molecule has 0 atom stereocenters. The van der Waals surface area contributed by atoms with Crippen LogP contribution in [0.25, 0.3) is 22.3 Å². The quantitative estimate of drug-likeness (QED) is 0.500. The lowest BCUT2D eigenvalue weighted by Gasteiger charge is -2.07. The molecule has 0 saturated heterocycles. The monoisotopic (exact) mass is 359 g/mol.